The summed E-state index contributed by atoms with van der Waals surface area (Å²) in [6.07, 6.45) is 0.513. The van der Waals surface area contributed by atoms with Gasteiger partial charge in [0.15, 0.2) is 0 Å². The number of rotatable bonds is 17. The molecular weight excluding hydrogens is 1280 g/mol. The van der Waals surface area contributed by atoms with Crippen molar-refractivity contribution in [2.75, 3.05) is 68.5 Å². The zero-order valence-electron chi connectivity index (χ0n) is 62.9. The average Bonchev–Trinajstić information content (AvgIpc) is 0.827. The lowest BCUT2D eigenvalue weighted by Crippen LogP contribution is -2.62. The Morgan fingerprint density at radius 1 is 0.510 bits per heavy atom. The van der Waals surface area contributed by atoms with Crippen molar-refractivity contribution in [3.63, 3.8) is 0 Å². The second kappa shape index (κ2) is 39.3. The average molecular weight is 1400 g/mol. The summed E-state index contributed by atoms with van der Waals surface area (Å²) in [5.41, 5.74) is 0.632. The summed E-state index contributed by atoms with van der Waals surface area (Å²) in [5.74, 6) is -9.77. The van der Waals surface area contributed by atoms with Gasteiger partial charge in [-0.3, -0.25) is 57.5 Å². The van der Waals surface area contributed by atoms with Gasteiger partial charge in [-0.05, 0) is 127 Å². The molecular formula is C74H118N12O14. The van der Waals surface area contributed by atoms with Crippen molar-refractivity contribution >= 4 is 70.9 Å². The van der Waals surface area contributed by atoms with Crippen LogP contribution >= 0.6 is 0 Å². The number of nitrogens with one attached hydrogen (secondary N) is 5. The molecule has 2 heterocycles. The minimum absolute atomic E-state index is 0.0119. The highest BCUT2D eigenvalue weighted by atomic mass is 16.5. The van der Waals surface area contributed by atoms with Crippen molar-refractivity contribution in [2.24, 2.45) is 23.7 Å². The molecule has 4 rings (SSSR count). The van der Waals surface area contributed by atoms with E-state index in [2.05, 4.69) is 26.6 Å². The van der Waals surface area contributed by atoms with E-state index in [0.29, 0.717) is 31.5 Å². The van der Waals surface area contributed by atoms with E-state index in [-0.39, 0.29) is 75.2 Å². The molecule has 26 nitrogen and oxygen atoms in total. The zero-order chi connectivity index (χ0) is 75.2. The number of likely N-dealkylation sites (tertiary alicyclic amines) is 1. The van der Waals surface area contributed by atoms with Crippen LogP contribution in [0.25, 0.3) is 0 Å². The summed E-state index contributed by atoms with van der Waals surface area (Å²) in [7, 11) is 8.28. The highest BCUT2D eigenvalue weighted by molar-refractivity contribution is 6.00. The van der Waals surface area contributed by atoms with Crippen molar-refractivity contribution in [1.82, 2.24) is 60.9 Å². The van der Waals surface area contributed by atoms with Gasteiger partial charge in [-0.1, -0.05) is 116 Å². The number of carbonyl (C=O) groups is 12. The second-order valence-electron chi connectivity index (χ2n) is 30.0. The molecule has 2 aromatic rings. The number of nitrogens with zero attached hydrogens (tertiary/aromatic N) is 7. The lowest BCUT2D eigenvalue weighted by atomic mass is 9.97. The molecule has 558 valence electrons. The van der Waals surface area contributed by atoms with Gasteiger partial charge in [0.25, 0.3) is 0 Å². The van der Waals surface area contributed by atoms with Crippen LogP contribution in [-0.4, -0.2) is 251 Å². The molecule has 12 amide bonds. The standard InChI is InChI=1S/C74H118N12O14/c1-45(2)37-54-69(95)84(18)59(41-52-31-25-21-26-32-52)66(92)76-53(34-33-51-29-23-20-24-30-51)68(94)83(17)58(39-47(5)6)67(93)79-63(50(10)87)73(99)80(14)43-62(89)82(16)57(38-46(3)4)65(91)78-56(44-100-74(11,12)13)70(96)85(19)60(40-48(7)8)72(98)81(15)49(9)64(90)77-55(42-61(88)75-54)71(97)86-35-27-22-28-36-86/h20-21,23-26,29-32,45-50,53-60,63,87H,22,27-28,33-44H2,1-19H3,(H,75,88)(H,76,92)(H,77,90)(H,78,91)(H,79,93)/t49-,50+,53-,54+,55-,56-,57-,58-,59-,60-,63-/m0/s1. The molecule has 2 aliphatic heterocycles. The van der Waals surface area contributed by atoms with Gasteiger partial charge < -0.3 is 70.7 Å². The van der Waals surface area contributed by atoms with Crippen molar-refractivity contribution in [2.45, 2.75) is 233 Å². The third kappa shape index (κ3) is 25.6. The van der Waals surface area contributed by atoms with Crippen LogP contribution in [0.1, 0.15) is 159 Å². The largest absolute Gasteiger partial charge is 0.391 e. The Hall–Kier alpha value is -8.00. The first-order valence-corrected chi connectivity index (χ1v) is 35.5. The summed E-state index contributed by atoms with van der Waals surface area (Å²) < 4.78 is 6.14. The van der Waals surface area contributed by atoms with E-state index in [1.807, 2.05) is 85.7 Å². The number of likely N-dealkylation sites (N-methyl/N-ethyl adjacent to an activating group) is 6. The van der Waals surface area contributed by atoms with Gasteiger partial charge in [-0.25, -0.2) is 0 Å². The normalized spacial score (nSPS) is 25.1. The fourth-order valence-electron chi connectivity index (χ4n) is 12.3. The monoisotopic (exact) mass is 1400 g/mol. The van der Waals surface area contributed by atoms with E-state index < -0.39 is 156 Å². The number of aryl methyl sites for hydroxylation is 1. The molecule has 2 aromatic carbocycles. The zero-order valence-corrected chi connectivity index (χ0v) is 62.9. The lowest BCUT2D eigenvalue weighted by Gasteiger charge is -2.37. The molecule has 2 saturated heterocycles. The first kappa shape index (κ1) is 84.4. The fourth-order valence-corrected chi connectivity index (χ4v) is 12.3. The number of ether oxygens (including phenoxy) is 1. The lowest BCUT2D eigenvalue weighted by molar-refractivity contribution is -0.151. The number of hydrogen-bond donors (Lipinski definition) is 6. The maximum atomic E-state index is 15.3. The van der Waals surface area contributed by atoms with Crippen molar-refractivity contribution in [1.29, 1.82) is 0 Å². The number of hydrogen-bond acceptors (Lipinski definition) is 14. The topological polar surface area (TPSA) is 317 Å². The molecule has 100 heavy (non-hydrogen) atoms. The summed E-state index contributed by atoms with van der Waals surface area (Å²) in [6, 6.07) is 4.45. The van der Waals surface area contributed by atoms with E-state index >= 15 is 24.0 Å². The number of aliphatic hydroxyl groups is 1. The summed E-state index contributed by atoms with van der Waals surface area (Å²) in [5, 5.41) is 25.3. The Morgan fingerprint density at radius 3 is 1.50 bits per heavy atom. The molecule has 0 spiro atoms. The van der Waals surface area contributed by atoms with Gasteiger partial charge >= 0.3 is 0 Å². The number of amides is 12. The van der Waals surface area contributed by atoms with Crippen LogP contribution in [0.4, 0.5) is 0 Å². The van der Waals surface area contributed by atoms with Crippen molar-refractivity contribution in [3.8, 4) is 0 Å². The maximum absolute atomic E-state index is 15.3. The first-order valence-electron chi connectivity index (χ1n) is 35.5. The van der Waals surface area contributed by atoms with Gasteiger partial charge in [-0.15, -0.1) is 0 Å². The van der Waals surface area contributed by atoms with Crippen LogP contribution < -0.4 is 26.6 Å². The SMILES string of the molecule is CC(C)C[C@H]1NC(=O)C[C@@H](C(=O)N2CCCCC2)NC(=O)[C@H](C)N(C)C(=O)[C@H](CC(C)C)N(C)C(=O)[C@H](COC(C)(C)C)NC(=O)[C@H](CC(C)C)N(C)C(=O)CN(C)C(=O)[C@H]([C@@H](C)O)NC(=O)[C@H](CC(C)C)N(C)C(=O)[C@H](CCc2ccccc2)NC(=O)[C@H](Cc2ccccc2)N(C)C1=O. The molecule has 0 aromatic heterocycles. The molecule has 11 atom stereocenters. The highest BCUT2D eigenvalue weighted by Crippen LogP contribution is 2.23. The number of aliphatic hydroxyl groups excluding tert-OH is 1. The van der Waals surface area contributed by atoms with Crippen LogP contribution in [0, 0.1) is 23.7 Å². The minimum Gasteiger partial charge on any atom is -0.391 e. The first-order chi connectivity index (χ1) is 46.7. The third-order valence-electron chi connectivity index (χ3n) is 18.4. The molecule has 0 saturated carbocycles. The van der Waals surface area contributed by atoms with E-state index in [9.17, 15) is 38.7 Å². The third-order valence-corrected chi connectivity index (χ3v) is 18.4. The molecule has 2 aliphatic rings. The summed E-state index contributed by atoms with van der Waals surface area (Å²) >= 11 is 0. The van der Waals surface area contributed by atoms with Crippen LogP contribution in [0.3, 0.4) is 0 Å². The Labute approximate surface area is 593 Å². The van der Waals surface area contributed by atoms with Crippen LogP contribution in [0.15, 0.2) is 60.7 Å². The second-order valence-corrected chi connectivity index (χ2v) is 30.0. The van der Waals surface area contributed by atoms with Gasteiger partial charge in [0, 0.05) is 61.8 Å². The van der Waals surface area contributed by atoms with E-state index in [1.165, 1.54) is 70.8 Å². The molecule has 6 N–H and O–H groups in total. The quantitative estimate of drug-likeness (QED) is 0.132. The summed E-state index contributed by atoms with van der Waals surface area (Å²) in [4.78, 5) is 187. The van der Waals surface area contributed by atoms with Crippen molar-refractivity contribution < 1.29 is 67.4 Å². The fraction of sp³-hybridized carbons (Fsp3) is 0.676. The minimum atomic E-state index is -1.67. The molecule has 0 unspecified atom stereocenters. The molecule has 0 bridgehead atoms. The predicted octanol–water partition coefficient (Wildman–Crippen LogP) is 3.70. The number of carbonyl (C=O) groups excluding carboxylic acids is 12. The van der Waals surface area contributed by atoms with Gasteiger partial charge in [0.05, 0.1) is 31.3 Å². The predicted molar refractivity (Wildman–Crippen MR) is 381 cm³/mol. The van der Waals surface area contributed by atoms with Crippen molar-refractivity contribution in [3.05, 3.63) is 71.8 Å². The smallest absolute Gasteiger partial charge is 0.248 e. The molecule has 2 fully saturated rings. The molecule has 0 radical (unpaired) electrons. The maximum Gasteiger partial charge on any atom is 0.248 e. The van der Waals surface area contributed by atoms with E-state index in [1.54, 1.807) is 56.0 Å². The van der Waals surface area contributed by atoms with Crippen LogP contribution in [0.5, 0.6) is 0 Å². The van der Waals surface area contributed by atoms with E-state index in [4.69, 9.17) is 4.74 Å². The molecule has 0 aliphatic carbocycles. The number of piperidine rings is 1. The van der Waals surface area contributed by atoms with Crippen LogP contribution in [-0.2, 0) is 75.1 Å². The Balaban J connectivity index is 1.96. The molecule has 26 heteroatoms. The Bertz CT molecular complexity index is 3080. The van der Waals surface area contributed by atoms with Gasteiger partial charge in [0.1, 0.15) is 60.4 Å². The van der Waals surface area contributed by atoms with Gasteiger partial charge in [-0.2, -0.15) is 0 Å². The van der Waals surface area contributed by atoms with Crippen LogP contribution in [0.2, 0.25) is 0 Å². The van der Waals surface area contributed by atoms with Gasteiger partial charge in [0.2, 0.25) is 70.9 Å². The summed E-state index contributed by atoms with van der Waals surface area (Å²) in [6.45, 7) is 22.4. The van der Waals surface area contributed by atoms with E-state index in [0.717, 1.165) is 26.7 Å². The Morgan fingerprint density at radius 2 is 0.970 bits per heavy atom. The highest BCUT2D eigenvalue weighted by Gasteiger charge is 2.43. The number of benzene rings is 2. The Kier molecular flexibility index (Phi) is 33.2.